The first-order chi connectivity index (χ1) is 9.30. The van der Waals surface area contributed by atoms with Crippen molar-refractivity contribution in [3.63, 3.8) is 0 Å². The maximum absolute atomic E-state index is 4.13. The lowest BCUT2D eigenvalue weighted by Crippen LogP contribution is -2.10. The number of allylic oxidation sites excluding steroid dienone is 1. The maximum atomic E-state index is 4.13. The minimum absolute atomic E-state index is 0.197. The standard InChI is InChI=1S/C20H24/c1-14(2)19-15(3)8-7-9-18(19)16-10-12-17(13-11-16)20(4,5)6/h7-13H,1H2,2-6H3. The van der Waals surface area contributed by atoms with Gasteiger partial charge >= 0.3 is 0 Å². The highest BCUT2D eigenvalue weighted by Gasteiger charge is 2.14. The molecule has 0 atom stereocenters. The average molecular weight is 264 g/mol. The van der Waals surface area contributed by atoms with Crippen LogP contribution < -0.4 is 0 Å². The Morgan fingerprint density at radius 1 is 0.950 bits per heavy atom. The molecule has 0 saturated heterocycles. The van der Waals surface area contributed by atoms with Crippen LogP contribution in [0.1, 0.15) is 44.4 Å². The van der Waals surface area contributed by atoms with Gasteiger partial charge in [0, 0.05) is 0 Å². The summed E-state index contributed by atoms with van der Waals surface area (Å²) < 4.78 is 0. The van der Waals surface area contributed by atoms with E-state index in [1.165, 1.54) is 27.8 Å². The lowest BCUT2D eigenvalue weighted by Gasteiger charge is -2.20. The van der Waals surface area contributed by atoms with Gasteiger partial charge in [0.25, 0.3) is 0 Å². The molecule has 0 heteroatoms. The SMILES string of the molecule is C=C(C)c1c(C)cccc1-c1ccc(C(C)(C)C)cc1. The van der Waals surface area contributed by atoms with Crippen LogP contribution in [-0.4, -0.2) is 0 Å². The van der Waals surface area contributed by atoms with Gasteiger partial charge in [0.05, 0.1) is 0 Å². The molecule has 0 aromatic heterocycles. The Hall–Kier alpha value is -1.82. The number of aryl methyl sites for hydroxylation is 1. The number of benzene rings is 2. The quantitative estimate of drug-likeness (QED) is 0.624. The second kappa shape index (κ2) is 5.28. The molecule has 0 radical (unpaired) electrons. The lowest BCUT2D eigenvalue weighted by molar-refractivity contribution is 0.590. The molecule has 0 unspecified atom stereocenters. The van der Waals surface area contributed by atoms with E-state index in [0.29, 0.717) is 0 Å². The Kier molecular flexibility index (Phi) is 3.85. The molecule has 0 aliphatic heterocycles. The molecule has 2 aromatic carbocycles. The van der Waals surface area contributed by atoms with E-state index in [1.807, 2.05) is 0 Å². The van der Waals surface area contributed by atoms with Gasteiger partial charge in [-0.05, 0) is 47.1 Å². The molecule has 0 saturated carbocycles. The van der Waals surface area contributed by atoms with E-state index in [-0.39, 0.29) is 5.41 Å². The highest BCUT2D eigenvalue weighted by molar-refractivity contribution is 5.81. The van der Waals surface area contributed by atoms with E-state index in [0.717, 1.165) is 5.57 Å². The predicted octanol–water partition coefficient (Wildman–Crippen LogP) is 5.99. The Bertz CT molecular complexity index is 622. The van der Waals surface area contributed by atoms with Crippen LogP contribution in [0.5, 0.6) is 0 Å². The molecule has 0 aliphatic rings. The molecule has 20 heavy (non-hydrogen) atoms. The zero-order chi connectivity index (χ0) is 14.9. The first-order valence-corrected chi connectivity index (χ1v) is 7.17. The molecule has 0 heterocycles. The van der Waals surface area contributed by atoms with Gasteiger partial charge < -0.3 is 0 Å². The van der Waals surface area contributed by atoms with Crippen LogP contribution >= 0.6 is 0 Å². The average Bonchev–Trinajstić information content (AvgIpc) is 2.37. The maximum Gasteiger partial charge on any atom is -0.0106 e. The fourth-order valence-electron chi connectivity index (χ4n) is 2.62. The van der Waals surface area contributed by atoms with Crippen LogP contribution in [0.4, 0.5) is 0 Å². The van der Waals surface area contributed by atoms with E-state index in [4.69, 9.17) is 0 Å². The van der Waals surface area contributed by atoms with Crippen molar-refractivity contribution < 1.29 is 0 Å². The van der Waals surface area contributed by atoms with Gasteiger partial charge in [0.15, 0.2) is 0 Å². The van der Waals surface area contributed by atoms with Crippen molar-refractivity contribution in [1.29, 1.82) is 0 Å². The third-order valence-electron chi connectivity index (χ3n) is 3.76. The summed E-state index contributed by atoms with van der Waals surface area (Å²) in [5.41, 5.74) is 7.79. The van der Waals surface area contributed by atoms with Crippen molar-refractivity contribution in [2.75, 3.05) is 0 Å². The summed E-state index contributed by atoms with van der Waals surface area (Å²) in [5, 5.41) is 0. The van der Waals surface area contributed by atoms with Crippen LogP contribution in [0.2, 0.25) is 0 Å². The highest BCUT2D eigenvalue weighted by Crippen LogP contribution is 2.32. The molecule has 2 aromatic rings. The van der Waals surface area contributed by atoms with Crippen LogP contribution in [0.25, 0.3) is 16.7 Å². The number of hydrogen-bond acceptors (Lipinski definition) is 0. The fraction of sp³-hybridized carbons (Fsp3) is 0.300. The normalized spacial score (nSPS) is 11.4. The third-order valence-corrected chi connectivity index (χ3v) is 3.76. The minimum atomic E-state index is 0.197. The lowest BCUT2D eigenvalue weighted by atomic mass is 9.85. The van der Waals surface area contributed by atoms with E-state index >= 15 is 0 Å². The van der Waals surface area contributed by atoms with Gasteiger partial charge in [0.1, 0.15) is 0 Å². The van der Waals surface area contributed by atoms with Gasteiger partial charge in [-0.25, -0.2) is 0 Å². The predicted molar refractivity (Wildman–Crippen MR) is 90.0 cm³/mol. The van der Waals surface area contributed by atoms with Crippen LogP contribution in [-0.2, 0) is 5.41 Å². The largest absolute Gasteiger partial charge is 0.0955 e. The van der Waals surface area contributed by atoms with Crippen molar-refractivity contribution >= 4 is 5.57 Å². The smallest absolute Gasteiger partial charge is 0.0106 e. The van der Waals surface area contributed by atoms with Gasteiger partial charge in [-0.15, -0.1) is 0 Å². The summed E-state index contributed by atoms with van der Waals surface area (Å²) >= 11 is 0. The van der Waals surface area contributed by atoms with E-state index in [1.54, 1.807) is 0 Å². The second-order valence-electron chi connectivity index (χ2n) is 6.61. The molecule has 0 N–H and O–H groups in total. The Morgan fingerprint density at radius 3 is 2.05 bits per heavy atom. The van der Waals surface area contributed by atoms with Crippen LogP contribution in [0, 0.1) is 6.92 Å². The summed E-state index contributed by atoms with van der Waals surface area (Å²) in [6.07, 6.45) is 0. The first-order valence-electron chi connectivity index (χ1n) is 7.17. The van der Waals surface area contributed by atoms with E-state index in [2.05, 4.69) is 83.7 Å². The third kappa shape index (κ3) is 2.85. The summed E-state index contributed by atoms with van der Waals surface area (Å²) in [5.74, 6) is 0. The van der Waals surface area contributed by atoms with Crippen LogP contribution in [0.15, 0.2) is 49.0 Å². The zero-order valence-corrected chi connectivity index (χ0v) is 13.2. The van der Waals surface area contributed by atoms with Gasteiger partial charge in [-0.3, -0.25) is 0 Å². The first kappa shape index (κ1) is 14.6. The summed E-state index contributed by atoms with van der Waals surface area (Å²) in [6.45, 7) is 15.1. The van der Waals surface area contributed by atoms with Gasteiger partial charge in [-0.1, -0.05) is 75.4 Å². The molecular formula is C20H24. The molecular weight excluding hydrogens is 240 g/mol. The minimum Gasteiger partial charge on any atom is -0.0955 e. The number of hydrogen-bond donors (Lipinski definition) is 0. The summed E-state index contributed by atoms with van der Waals surface area (Å²) in [4.78, 5) is 0. The molecule has 0 aliphatic carbocycles. The Balaban J connectivity index is 2.53. The fourth-order valence-corrected chi connectivity index (χ4v) is 2.62. The molecule has 0 nitrogen and oxygen atoms in total. The number of rotatable bonds is 2. The molecule has 2 rings (SSSR count). The highest BCUT2D eigenvalue weighted by atomic mass is 14.2. The second-order valence-corrected chi connectivity index (χ2v) is 6.61. The summed E-state index contributed by atoms with van der Waals surface area (Å²) in [7, 11) is 0. The molecule has 104 valence electrons. The molecule has 0 spiro atoms. The molecule has 0 fully saturated rings. The van der Waals surface area contributed by atoms with E-state index in [9.17, 15) is 0 Å². The van der Waals surface area contributed by atoms with Crippen molar-refractivity contribution in [3.05, 3.63) is 65.7 Å². The van der Waals surface area contributed by atoms with Gasteiger partial charge in [-0.2, -0.15) is 0 Å². The van der Waals surface area contributed by atoms with Crippen molar-refractivity contribution in [1.82, 2.24) is 0 Å². The van der Waals surface area contributed by atoms with E-state index < -0.39 is 0 Å². The topological polar surface area (TPSA) is 0 Å². The van der Waals surface area contributed by atoms with Crippen molar-refractivity contribution in [2.24, 2.45) is 0 Å². The Morgan fingerprint density at radius 2 is 1.55 bits per heavy atom. The van der Waals surface area contributed by atoms with Crippen LogP contribution in [0.3, 0.4) is 0 Å². The Labute approximate surface area is 123 Å². The zero-order valence-electron chi connectivity index (χ0n) is 13.2. The molecule has 0 bridgehead atoms. The monoisotopic (exact) mass is 264 g/mol. The molecule has 0 amide bonds. The summed E-state index contributed by atoms with van der Waals surface area (Å²) in [6, 6.07) is 15.4. The van der Waals surface area contributed by atoms with Gasteiger partial charge in [0.2, 0.25) is 0 Å². The van der Waals surface area contributed by atoms with Crippen molar-refractivity contribution in [2.45, 2.75) is 40.0 Å². The van der Waals surface area contributed by atoms with Crippen molar-refractivity contribution in [3.8, 4) is 11.1 Å².